The third kappa shape index (κ3) is 4.47. The van der Waals surface area contributed by atoms with E-state index in [0.717, 1.165) is 6.54 Å². The van der Waals surface area contributed by atoms with E-state index in [2.05, 4.69) is 41.2 Å². The molecule has 1 fully saturated rings. The van der Waals surface area contributed by atoms with Crippen LogP contribution in [0.1, 0.15) is 39.5 Å². The molecule has 1 N–H and O–H groups in total. The van der Waals surface area contributed by atoms with E-state index in [4.69, 9.17) is 9.15 Å². The van der Waals surface area contributed by atoms with Crippen LogP contribution in [0.3, 0.4) is 0 Å². The third-order valence-electron chi connectivity index (χ3n) is 3.00. The first-order chi connectivity index (χ1) is 8.99. The molecule has 108 valence electrons. The molecule has 0 aromatic carbocycles. The highest BCUT2D eigenvalue weighted by Gasteiger charge is 2.32. The Balaban J connectivity index is 1.94. The van der Waals surface area contributed by atoms with Gasteiger partial charge in [-0.15, -0.1) is 5.10 Å². The quantitative estimate of drug-likeness (QED) is 0.810. The number of methoxy groups -OCH3 is 1. The number of hydrogen-bond acceptors (Lipinski definition) is 6. The molecule has 1 aliphatic carbocycles. The minimum atomic E-state index is 0.0425. The van der Waals surface area contributed by atoms with Crippen LogP contribution in [0, 0.1) is 0 Å². The largest absolute Gasteiger partial charge is 0.407 e. The summed E-state index contributed by atoms with van der Waals surface area (Å²) < 4.78 is 10.9. The van der Waals surface area contributed by atoms with E-state index in [1.165, 1.54) is 12.8 Å². The Morgan fingerprint density at radius 1 is 1.37 bits per heavy atom. The van der Waals surface area contributed by atoms with Gasteiger partial charge in [-0.2, -0.15) is 0 Å². The Morgan fingerprint density at radius 3 is 2.68 bits per heavy atom. The second-order valence-electron chi connectivity index (χ2n) is 6.00. The number of aromatic nitrogens is 2. The van der Waals surface area contributed by atoms with Crippen LogP contribution in [-0.2, 0) is 11.3 Å². The van der Waals surface area contributed by atoms with Crippen molar-refractivity contribution in [2.45, 2.75) is 51.7 Å². The lowest BCUT2D eigenvalue weighted by Crippen LogP contribution is -2.35. The van der Waals surface area contributed by atoms with Gasteiger partial charge in [0.05, 0.1) is 13.2 Å². The van der Waals surface area contributed by atoms with E-state index < -0.39 is 0 Å². The van der Waals surface area contributed by atoms with E-state index in [9.17, 15) is 0 Å². The van der Waals surface area contributed by atoms with Crippen molar-refractivity contribution in [1.82, 2.24) is 15.5 Å². The monoisotopic (exact) mass is 268 g/mol. The van der Waals surface area contributed by atoms with Crippen LogP contribution in [-0.4, -0.2) is 42.0 Å². The maximum Gasteiger partial charge on any atom is 0.318 e. The zero-order valence-electron chi connectivity index (χ0n) is 12.3. The zero-order chi connectivity index (χ0) is 13.9. The highest BCUT2D eigenvalue weighted by molar-refractivity contribution is 5.29. The molecule has 0 saturated heterocycles. The summed E-state index contributed by atoms with van der Waals surface area (Å²) in [5, 5.41) is 11.6. The Hall–Kier alpha value is -1.14. The van der Waals surface area contributed by atoms with Gasteiger partial charge in [0.1, 0.15) is 0 Å². The second kappa shape index (κ2) is 5.88. The maximum absolute atomic E-state index is 5.73. The number of nitrogens with one attached hydrogen (secondary N) is 1. The topological polar surface area (TPSA) is 63.4 Å². The molecule has 0 spiro atoms. The first kappa shape index (κ1) is 14.3. The van der Waals surface area contributed by atoms with Crippen molar-refractivity contribution in [3.05, 3.63) is 5.89 Å². The zero-order valence-corrected chi connectivity index (χ0v) is 12.3. The predicted octanol–water partition coefficient (Wildman–Crippen LogP) is 1.57. The summed E-state index contributed by atoms with van der Waals surface area (Å²) in [5.41, 5.74) is 0.0425. The molecular weight excluding hydrogens is 244 g/mol. The van der Waals surface area contributed by atoms with Crippen LogP contribution in [0.5, 0.6) is 0 Å². The second-order valence-corrected chi connectivity index (χ2v) is 6.00. The molecular formula is C13H24N4O2. The molecule has 0 unspecified atom stereocenters. The van der Waals surface area contributed by atoms with Gasteiger partial charge in [0.2, 0.25) is 5.89 Å². The molecule has 0 radical (unpaired) electrons. The summed E-state index contributed by atoms with van der Waals surface area (Å²) in [6.45, 7) is 8.40. The van der Waals surface area contributed by atoms with Crippen molar-refractivity contribution in [2.24, 2.45) is 0 Å². The van der Waals surface area contributed by atoms with Gasteiger partial charge in [-0.05, 0) is 33.6 Å². The van der Waals surface area contributed by atoms with Crippen molar-refractivity contribution in [2.75, 3.05) is 25.2 Å². The van der Waals surface area contributed by atoms with Gasteiger partial charge in [0.25, 0.3) is 0 Å². The van der Waals surface area contributed by atoms with Crippen LogP contribution in [0.25, 0.3) is 0 Å². The minimum absolute atomic E-state index is 0.0425. The fourth-order valence-corrected chi connectivity index (χ4v) is 1.78. The summed E-state index contributed by atoms with van der Waals surface area (Å²) >= 11 is 0. The maximum atomic E-state index is 5.73. The molecule has 1 aromatic rings. The molecule has 0 amide bonds. The third-order valence-corrected chi connectivity index (χ3v) is 3.00. The Bertz CT molecular complexity index is 396. The van der Waals surface area contributed by atoms with Gasteiger partial charge < -0.3 is 19.4 Å². The van der Waals surface area contributed by atoms with Crippen LogP contribution in [0.2, 0.25) is 0 Å². The van der Waals surface area contributed by atoms with Crippen molar-refractivity contribution < 1.29 is 9.15 Å². The van der Waals surface area contributed by atoms with E-state index >= 15 is 0 Å². The summed E-state index contributed by atoms with van der Waals surface area (Å²) in [6, 6.07) is 1.16. The highest BCUT2D eigenvalue weighted by Crippen LogP contribution is 2.30. The summed E-state index contributed by atoms with van der Waals surface area (Å²) in [7, 11) is 1.71. The molecule has 6 heteroatoms. The van der Waals surface area contributed by atoms with Gasteiger partial charge in [-0.25, -0.2) is 0 Å². The standard InChI is InChI=1S/C13H24N4O2/c1-13(2,3)14-9-11-15-16-12(19-11)17(7-8-18-4)10-5-6-10/h10,14H,5-9H2,1-4H3. The molecule has 0 bridgehead atoms. The van der Waals surface area contributed by atoms with Gasteiger partial charge in [0.15, 0.2) is 0 Å². The summed E-state index contributed by atoms with van der Waals surface area (Å²) in [5.74, 6) is 0.632. The Morgan fingerprint density at radius 2 is 2.11 bits per heavy atom. The van der Waals surface area contributed by atoms with Crippen molar-refractivity contribution >= 4 is 6.01 Å². The molecule has 19 heavy (non-hydrogen) atoms. The van der Waals surface area contributed by atoms with Crippen LogP contribution < -0.4 is 10.2 Å². The average molecular weight is 268 g/mol. The van der Waals surface area contributed by atoms with Crippen molar-refractivity contribution in [3.8, 4) is 0 Å². The molecule has 1 saturated carbocycles. The van der Waals surface area contributed by atoms with Crippen LogP contribution in [0.4, 0.5) is 6.01 Å². The number of rotatable bonds is 7. The average Bonchev–Trinajstić information content (AvgIpc) is 3.05. The molecule has 1 aliphatic rings. The van der Waals surface area contributed by atoms with Crippen LogP contribution in [0.15, 0.2) is 4.42 Å². The fraction of sp³-hybridized carbons (Fsp3) is 0.846. The molecule has 0 aliphatic heterocycles. The lowest BCUT2D eigenvalue weighted by molar-refractivity contribution is 0.203. The van der Waals surface area contributed by atoms with Gasteiger partial charge in [0, 0.05) is 25.2 Å². The first-order valence-electron chi connectivity index (χ1n) is 6.82. The number of hydrogen-bond donors (Lipinski definition) is 1. The summed E-state index contributed by atoms with van der Waals surface area (Å²) in [4.78, 5) is 2.15. The first-order valence-corrected chi connectivity index (χ1v) is 6.82. The highest BCUT2D eigenvalue weighted by atomic mass is 16.5. The summed E-state index contributed by atoms with van der Waals surface area (Å²) in [6.07, 6.45) is 2.39. The van der Waals surface area contributed by atoms with E-state index in [-0.39, 0.29) is 5.54 Å². The van der Waals surface area contributed by atoms with Gasteiger partial charge in [-0.3, -0.25) is 0 Å². The fourth-order valence-electron chi connectivity index (χ4n) is 1.78. The van der Waals surface area contributed by atoms with E-state index in [0.29, 0.717) is 31.1 Å². The molecule has 1 aromatic heterocycles. The van der Waals surface area contributed by atoms with Crippen molar-refractivity contribution in [3.63, 3.8) is 0 Å². The lowest BCUT2D eigenvalue weighted by Gasteiger charge is -2.19. The van der Waals surface area contributed by atoms with Crippen LogP contribution >= 0.6 is 0 Å². The lowest BCUT2D eigenvalue weighted by atomic mass is 10.1. The molecule has 1 heterocycles. The molecule has 0 atom stereocenters. The van der Waals surface area contributed by atoms with E-state index in [1.807, 2.05) is 0 Å². The van der Waals surface area contributed by atoms with E-state index in [1.54, 1.807) is 7.11 Å². The Labute approximate surface area is 114 Å². The predicted molar refractivity (Wildman–Crippen MR) is 73.1 cm³/mol. The molecule has 2 rings (SSSR count). The van der Waals surface area contributed by atoms with Crippen molar-refractivity contribution in [1.29, 1.82) is 0 Å². The smallest absolute Gasteiger partial charge is 0.318 e. The molecule has 6 nitrogen and oxygen atoms in total. The number of ether oxygens (including phenoxy) is 1. The number of anilines is 1. The minimum Gasteiger partial charge on any atom is -0.407 e. The Kier molecular flexibility index (Phi) is 4.42. The SMILES string of the molecule is COCCN(c1nnc(CNC(C)(C)C)o1)C1CC1. The van der Waals surface area contributed by atoms with Gasteiger partial charge >= 0.3 is 6.01 Å². The van der Waals surface area contributed by atoms with Gasteiger partial charge in [-0.1, -0.05) is 5.10 Å². The number of nitrogens with zero attached hydrogens (tertiary/aromatic N) is 3. The normalized spacial score (nSPS) is 15.8.